The number of carbonyl (C=O) groups is 2. The Labute approximate surface area is 361 Å². The van der Waals surface area contributed by atoms with E-state index in [0.29, 0.717) is 59.3 Å². The summed E-state index contributed by atoms with van der Waals surface area (Å²) in [7, 11) is 1.57. The molecule has 2 amide bonds. The number of hydrogen-bond donors (Lipinski definition) is 1. The van der Waals surface area contributed by atoms with E-state index < -0.39 is 28.9 Å². The molecule has 2 bridgehead atoms. The highest BCUT2D eigenvalue weighted by atomic mass is 19.1. The molecule has 16 heteroatoms. The SMILES string of the molecule is CCc1c(F)ccc2cc(NC(=O)OC(C)(C)C)cc(-c3ncc4c(N5CC6CCC(C5)N6C(=O)OC(C)(C)C)nc(OCC5(CN6CCC(=NOC)CC6)CC5)nc4c3F)c12. The van der Waals surface area contributed by atoms with E-state index in [4.69, 9.17) is 34.0 Å². The van der Waals surface area contributed by atoms with Crippen LogP contribution in [0.3, 0.4) is 0 Å². The second-order valence-electron chi connectivity index (χ2n) is 19.2. The first-order valence-electron chi connectivity index (χ1n) is 21.7. The predicted octanol–water partition coefficient (Wildman–Crippen LogP) is 8.88. The standard InChI is InChI=1S/C46H58F2N8O6/c1-9-32-35(47)13-10-27-20-29(50-42(57)61-44(2,3)4)21-33(36(27)32)38-37(48)39-34(22-49-38)40(55-23-30-11-12-31(24-55)56(30)43(58)62-45(5,6)7)52-41(51-39)60-26-46(16-17-46)25-54-18-14-28(15-19-54)53-59-8/h10,13,20-22,30-31H,9,11-12,14-19,23-26H2,1-8H3,(H,50,57). The minimum atomic E-state index is -0.760. The molecule has 332 valence electrons. The number of oxime groups is 1. The van der Waals surface area contributed by atoms with Crippen molar-refractivity contribution in [1.29, 1.82) is 0 Å². The molecule has 14 nitrogen and oxygen atoms in total. The van der Waals surface area contributed by atoms with Gasteiger partial charge < -0.3 is 28.8 Å². The second kappa shape index (κ2) is 16.7. The van der Waals surface area contributed by atoms with Gasteiger partial charge in [-0.3, -0.25) is 15.2 Å². The van der Waals surface area contributed by atoms with Crippen LogP contribution in [0.25, 0.3) is 32.9 Å². The number of fused-ring (bicyclic) bond motifs is 4. The van der Waals surface area contributed by atoms with Crippen molar-refractivity contribution in [2.75, 3.05) is 56.7 Å². The van der Waals surface area contributed by atoms with E-state index >= 15 is 8.78 Å². The van der Waals surface area contributed by atoms with Gasteiger partial charge in [0.2, 0.25) is 0 Å². The molecule has 1 saturated carbocycles. The molecule has 4 aromatic rings. The van der Waals surface area contributed by atoms with Gasteiger partial charge in [0.05, 0.1) is 29.8 Å². The summed E-state index contributed by atoms with van der Waals surface area (Å²) >= 11 is 0. The van der Waals surface area contributed by atoms with Crippen LogP contribution in [0.4, 0.5) is 29.9 Å². The van der Waals surface area contributed by atoms with Gasteiger partial charge in [-0.2, -0.15) is 9.97 Å². The first-order valence-corrected chi connectivity index (χ1v) is 21.7. The quantitative estimate of drug-likeness (QED) is 0.153. The number of amides is 2. The van der Waals surface area contributed by atoms with Crippen LogP contribution >= 0.6 is 0 Å². The number of aromatic nitrogens is 3. The Hall–Kier alpha value is -5.38. The summed E-state index contributed by atoms with van der Waals surface area (Å²) in [6.45, 7) is 16.5. The fourth-order valence-corrected chi connectivity index (χ4v) is 9.15. The Balaban J connectivity index is 1.18. The Morgan fingerprint density at radius 1 is 0.968 bits per heavy atom. The highest BCUT2D eigenvalue weighted by Crippen LogP contribution is 2.47. The molecule has 1 aliphatic carbocycles. The zero-order valence-corrected chi connectivity index (χ0v) is 37.1. The molecule has 4 fully saturated rings. The van der Waals surface area contributed by atoms with Crippen molar-refractivity contribution in [3.05, 3.63) is 47.7 Å². The van der Waals surface area contributed by atoms with E-state index in [-0.39, 0.29) is 46.4 Å². The monoisotopic (exact) mass is 856 g/mol. The fourth-order valence-electron chi connectivity index (χ4n) is 9.15. The van der Waals surface area contributed by atoms with Crippen LogP contribution in [0.1, 0.15) is 92.6 Å². The van der Waals surface area contributed by atoms with Crippen molar-refractivity contribution >= 4 is 51.1 Å². The lowest BCUT2D eigenvalue weighted by Crippen LogP contribution is -2.57. The van der Waals surface area contributed by atoms with E-state index in [1.807, 2.05) is 32.6 Å². The average Bonchev–Trinajstić information content (AvgIpc) is 3.91. The molecule has 2 aromatic carbocycles. The number of benzene rings is 2. The number of likely N-dealkylation sites (tertiary alicyclic amines) is 1. The Morgan fingerprint density at radius 3 is 2.29 bits per heavy atom. The molecule has 3 saturated heterocycles. The molecule has 0 spiro atoms. The number of pyridine rings is 1. The minimum absolute atomic E-state index is 0.00383. The Bertz CT molecular complexity index is 2390. The number of ether oxygens (including phenoxy) is 3. The largest absolute Gasteiger partial charge is 0.463 e. The molecule has 5 heterocycles. The summed E-state index contributed by atoms with van der Waals surface area (Å²) in [6.07, 6.45) is 6.10. The molecule has 62 heavy (non-hydrogen) atoms. The van der Waals surface area contributed by atoms with Crippen molar-refractivity contribution in [3.8, 4) is 17.3 Å². The van der Waals surface area contributed by atoms with Gasteiger partial charge >= 0.3 is 18.2 Å². The first kappa shape index (κ1) is 43.3. The van der Waals surface area contributed by atoms with E-state index in [9.17, 15) is 9.59 Å². The third kappa shape index (κ3) is 9.20. The third-order valence-electron chi connectivity index (χ3n) is 12.1. The van der Waals surface area contributed by atoms with Gasteiger partial charge in [0, 0.05) is 68.4 Å². The summed E-state index contributed by atoms with van der Waals surface area (Å²) in [5.41, 5.74) is 0.502. The molecule has 8 rings (SSSR count). The fraction of sp³-hybridized carbons (Fsp3) is 0.565. The number of halogens is 2. The maximum Gasteiger partial charge on any atom is 0.412 e. The molecule has 2 unspecified atom stereocenters. The lowest BCUT2D eigenvalue weighted by molar-refractivity contribution is 0.0122. The highest BCUT2D eigenvalue weighted by molar-refractivity contribution is 6.04. The van der Waals surface area contributed by atoms with E-state index in [1.165, 1.54) is 6.07 Å². The van der Waals surface area contributed by atoms with E-state index in [2.05, 4.69) is 20.3 Å². The topological polar surface area (TPSA) is 144 Å². The van der Waals surface area contributed by atoms with Crippen LogP contribution in [-0.2, 0) is 20.7 Å². The first-order chi connectivity index (χ1) is 29.4. The number of nitrogens with one attached hydrogen (secondary N) is 1. The summed E-state index contributed by atoms with van der Waals surface area (Å²) in [6, 6.07) is 6.04. The summed E-state index contributed by atoms with van der Waals surface area (Å²) in [5, 5.41) is 8.36. The number of nitrogens with zero attached hydrogens (tertiary/aromatic N) is 7. The molecule has 2 atom stereocenters. The van der Waals surface area contributed by atoms with Gasteiger partial charge in [0.1, 0.15) is 41.2 Å². The van der Waals surface area contributed by atoms with E-state index in [1.54, 1.807) is 52.3 Å². The van der Waals surface area contributed by atoms with Gasteiger partial charge in [-0.1, -0.05) is 18.1 Å². The summed E-state index contributed by atoms with van der Waals surface area (Å²) in [4.78, 5) is 52.1. The third-order valence-corrected chi connectivity index (χ3v) is 12.1. The number of rotatable bonds is 10. The van der Waals surface area contributed by atoms with Crippen molar-refractivity contribution in [2.45, 2.75) is 117 Å². The molecule has 1 N–H and O–H groups in total. The smallest absolute Gasteiger partial charge is 0.412 e. The Kier molecular flexibility index (Phi) is 11.7. The molecule has 2 aromatic heterocycles. The van der Waals surface area contributed by atoms with Crippen LogP contribution < -0.4 is 15.0 Å². The maximum absolute atomic E-state index is 17.6. The number of piperazine rings is 1. The minimum Gasteiger partial charge on any atom is -0.463 e. The average molecular weight is 857 g/mol. The highest BCUT2D eigenvalue weighted by Gasteiger charge is 2.47. The molecular weight excluding hydrogens is 799 g/mol. The molecule has 3 aliphatic heterocycles. The zero-order chi connectivity index (χ0) is 44.1. The summed E-state index contributed by atoms with van der Waals surface area (Å²) in [5.74, 6) is -0.714. The van der Waals surface area contributed by atoms with Crippen LogP contribution in [-0.4, -0.2) is 112 Å². The van der Waals surface area contributed by atoms with Crippen molar-refractivity contribution < 1.29 is 37.4 Å². The van der Waals surface area contributed by atoms with Gasteiger partial charge in [0.15, 0.2) is 5.82 Å². The van der Waals surface area contributed by atoms with Gasteiger partial charge in [-0.05, 0) is 108 Å². The maximum atomic E-state index is 17.6. The van der Waals surface area contributed by atoms with Crippen molar-refractivity contribution in [1.82, 2.24) is 24.8 Å². The van der Waals surface area contributed by atoms with E-state index in [0.717, 1.165) is 63.9 Å². The lowest BCUT2D eigenvalue weighted by Gasteiger charge is -2.42. The van der Waals surface area contributed by atoms with Crippen LogP contribution in [0.2, 0.25) is 0 Å². The molecular formula is C46H58F2N8O6. The molecule has 4 aliphatic rings. The number of aryl methyl sites for hydroxylation is 1. The van der Waals surface area contributed by atoms with Crippen LogP contribution in [0.15, 0.2) is 35.6 Å². The molecule has 0 radical (unpaired) electrons. The summed E-state index contributed by atoms with van der Waals surface area (Å²) < 4.78 is 50.9. The van der Waals surface area contributed by atoms with Crippen molar-refractivity contribution in [3.63, 3.8) is 0 Å². The lowest BCUT2D eigenvalue weighted by atomic mass is 9.94. The van der Waals surface area contributed by atoms with Crippen LogP contribution in [0.5, 0.6) is 6.01 Å². The van der Waals surface area contributed by atoms with Crippen LogP contribution in [0, 0.1) is 17.0 Å². The number of carbonyl (C=O) groups excluding carboxylic acids is 2. The number of piperidine rings is 1. The van der Waals surface area contributed by atoms with Gasteiger partial charge in [0.25, 0.3) is 0 Å². The normalized spacial score (nSPS) is 20.1. The van der Waals surface area contributed by atoms with Gasteiger partial charge in [-0.25, -0.2) is 18.4 Å². The van der Waals surface area contributed by atoms with Gasteiger partial charge in [-0.15, -0.1) is 0 Å². The Morgan fingerprint density at radius 2 is 1.66 bits per heavy atom. The van der Waals surface area contributed by atoms with Crippen molar-refractivity contribution in [2.24, 2.45) is 10.6 Å². The second-order valence-corrected chi connectivity index (χ2v) is 19.2. The zero-order valence-electron chi connectivity index (χ0n) is 37.1. The predicted molar refractivity (Wildman–Crippen MR) is 234 cm³/mol. The number of hydrogen-bond acceptors (Lipinski definition) is 12. The number of anilines is 2.